The van der Waals surface area contributed by atoms with E-state index in [0.29, 0.717) is 12.8 Å². The van der Waals surface area contributed by atoms with Gasteiger partial charge in [0.1, 0.15) is 6.23 Å². The Morgan fingerprint density at radius 1 is 1.50 bits per heavy atom. The Hall–Kier alpha value is -2.65. The van der Waals surface area contributed by atoms with Crippen molar-refractivity contribution in [3.8, 4) is 0 Å². The summed E-state index contributed by atoms with van der Waals surface area (Å²) in [5, 5.41) is 11.3. The Kier molecular flexibility index (Phi) is 4.63. The Morgan fingerprint density at radius 3 is 3.00 bits per heavy atom. The van der Waals surface area contributed by atoms with Crippen molar-refractivity contribution < 1.29 is 19.0 Å². The van der Waals surface area contributed by atoms with Crippen molar-refractivity contribution in [3.05, 3.63) is 52.6 Å². The summed E-state index contributed by atoms with van der Waals surface area (Å²) in [4.78, 5) is 31.4. The summed E-state index contributed by atoms with van der Waals surface area (Å²) < 4.78 is 20.6. The fourth-order valence-corrected chi connectivity index (χ4v) is 2.44. The predicted octanol–water partition coefficient (Wildman–Crippen LogP) is 0.700. The molecule has 24 heavy (non-hydrogen) atoms. The number of aromatic nitrogens is 3. The molecule has 2 atom stereocenters. The molecule has 0 radical (unpaired) electrons. The number of pyridine rings is 1. The van der Waals surface area contributed by atoms with E-state index in [4.69, 9.17) is 9.84 Å². The van der Waals surface area contributed by atoms with E-state index in [1.807, 2.05) is 0 Å². The second-order valence-electron chi connectivity index (χ2n) is 5.30. The van der Waals surface area contributed by atoms with Crippen LogP contribution in [-0.4, -0.2) is 38.3 Å². The molecule has 126 valence electrons. The molecule has 0 bridgehead atoms. The van der Waals surface area contributed by atoms with Gasteiger partial charge in [-0.15, -0.1) is 0 Å². The molecule has 2 N–H and O–H groups in total. The van der Waals surface area contributed by atoms with Crippen LogP contribution < -0.4 is 11.0 Å². The van der Waals surface area contributed by atoms with Gasteiger partial charge in [-0.25, -0.2) is 9.18 Å². The molecular weight excluding hydrogens is 319 g/mol. The third-order valence-electron chi connectivity index (χ3n) is 3.66. The first-order chi connectivity index (χ1) is 11.6. The number of anilines is 1. The lowest BCUT2D eigenvalue weighted by molar-refractivity contribution is -0.0249. The molecule has 1 aliphatic rings. The standard InChI is InChI=1S/C15H15FN4O4/c16-11-7-20(12-4-3-10(8-21)24-12)15(23)19-13(11)18-14(22)9-2-1-5-17-6-9/h1-2,5-7,10,12,21H,3-4,8H2,(H,18,19,22,23)/t10-,12+/m0/s1. The molecule has 0 spiro atoms. The largest absolute Gasteiger partial charge is 0.394 e. The van der Waals surface area contributed by atoms with E-state index in [2.05, 4.69) is 15.3 Å². The molecule has 3 heterocycles. The molecule has 2 aromatic heterocycles. The smallest absolute Gasteiger partial charge is 0.351 e. The number of nitrogens with one attached hydrogen (secondary N) is 1. The quantitative estimate of drug-likeness (QED) is 0.852. The Balaban J connectivity index is 1.80. The number of nitrogens with zero attached hydrogens (tertiary/aromatic N) is 3. The number of aliphatic hydroxyl groups excluding tert-OH is 1. The second kappa shape index (κ2) is 6.85. The maximum atomic E-state index is 14.2. The predicted molar refractivity (Wildman–Crippen MR) is 80.9 cm³/mol. The average Bonchev–Trinajstić information content (AvgIpc) is 3.07. The van der Waals surface area contributed by atoms with Gasteiger partial charge in [-0.05, 0) is 25.0 Å². The van der Waals surface area contributed by atoms with Crippen LogP contribution in [0.15, 0.2) is 35.5 Å². The molecule has 3 rings (SSSR count). The molecule has 9 heteroatoms. The monoisotopic (exact) mass is 334 g/mol. The third kappa shape index (κ3) is 3.31. The lowest BCUT2D eigenvalue weighted by Gasteiger charge is -2.15. The molecule has 2 aromatic rings. The van der Waals surface area contributed by atoms with Crippen LogP contribution in [0.3, 0.4) is 0 Å². The highest BCUT2D eigenvalue weighted by Crippen LogP contribution is 2.27. The van der Waals surface area contributed by atoms with E-state index >= 15 is 0 Å². The number of amides is 1. The van der Waals surface area contributed by atoms with E-state index in [-0.39, 0.29) is 18.3 Å². The van der Waals surface area contributed by atoms with Gasteiger partial charge in [0, 0.05) is 12.4 Å². The van der Waals surface area contributed by atoms with Gasteiger partial charge < -0.3 is 15.2 Å². The number of carbonyl (C=O) groups is 1. The number of ether oxygens (including phenoxy) is 1. The maximum Gasteiger partial charge on any atom is 0.351 e. The van der Waals surface area contributed by atoms with E-state index in [0.717, 1.165) is 10.8 Å². The van der Waals surface area contributed by atoms with Gasteiger partial charge in [0.25, 0.3) is 5.91 Å². The Labute approximate surface area is 135 Å². The zero-order chi connectivity index (χ0) is 17.1. The van der Waals surface area contributed by atoms with Crippen LogP contribution in [0, 0.1) is 5.82 Å². The van der Waals surface area contributed by atoms with E-state index in [1.165, 1.54) is 18.5 Å². The Bertz CT molecular complexity index is 796. The minimum Gasteiger partial charge on any atom is -0.394 e. The first kappa shape index (κ1) is 16.2. The van der Waals surface area contributed by atoms with Crippen LogP contribution in [0.2, 0.25) is 0 Å². The fraction of sp³-hybridized carbons (Fsp3) is 0.333. The number of rotatable bonds is 4. The van der Waals surface area contributed by atoms with Crippen molar-refractivity contribution in [2.75, 3.05) is 11.9 Å². The number of aliphatic hydroxyl groups is 1. The zero-order valence-corrected chi connectivity index (χ0v) is 12.6. The van der Waals surface area contributed by atoms with Gasteiger partial charge in [-0.1, -0.05) is 0 Å². The van der Waals surface area contributed by atoms with Crippen LogP contribution in [-0.2, 0) is 4.74 Å². The van der Waals surface area contributed by atoms with Crippen LogP contribution in [0.4, 0.5) is 10.2 Å². The van der Waals surface area contributed by atoms with Gasteiger partial charge >= 0.3 is 5.69 Å². The molecule has 0 saturated carbocycles. The molecule has 1 fully saturated rings. The molecular formula is C15H15FN4O4. The third-order valence-corrected chi connectivity index (χ3v) is 3.66. The summed E-state index contributed by atoms with van der Waals surface area (Å²) in [7, 11) is 0. The van der Waals surface area contributed by atoms with E-state index in [9.17, 15) is 14.0 Å². The molecule has 0 aromatic carbocycles. The van der Waals surface area contributed by atoms with Crippen molar-refractivity contribution in [2.24, 2.45) is 0 Å². The lowest BCUT2D eigenvalue weighted by atomic mass is 10.2. The van der Waals surface area contributed by atoms with Gasteiger partial charge in [-0.2, -0.15) is 4.98 Å². The molecule has 1 saturated heterocycles. The molecule has 8 nitrogen and oxygen atoms in total. The van der Waals surface area contributed by atoms with Gasteiger partial charge in [0.15, 0.2) is 11.6 Å². The summed E-state index contributed by atoms with van der Waals surface area (Å²) in [6.45, 7) is -0.166. The Morgan fingerprint density at radius 2 is 2.33 bits per heavy atom. The number of hydrogen-bond donors (Lipinski definition) is 2. The lowest BCUT2D eigenvalue weighted by Crippen LogP contribution is -2.30. The molecule has 1 aliphatic heterocycles. The van der Waals surface area contributed by atoms with Crippen molar-refractivity contribution in [2.45, 2.75) is 25.2 Å². The number of carbonyl (C=O) groups excluding carboxylic acids is 1. The van der Waals surface area contributed by atoms with Crippen LogP contribution in [0.25, 0.3) is 0 Å². The van der Waals surface area contributed by atoms with Crippen LogP contribution in [0.5, 0.6) is 0 Å². The minimum atomic E-state index is -0.858. The van der Waals surface area contributed by atoms with Crippen molar-refractivity contribution in [1.82, 2.24) is 14.5 Å². The minimum absolute atomic E-state index is 0.166. The van der Waals surface area contributed by atoms with Gasteiger partial charge in [0.2, 0.25) is 0 Å². The molecule has 0 aliphatic carbocycles. The van der Waals surface area contributed by atoms with Crippen molar-refractivity contribution in [1.29, 1.82) is 0 Å². The highest BCUT2D eigenvalue weighted by molar-refractivity contribution is 6.03. The fourth-order valence-electron chi connectivity index (χ4n) is 2.44. The molecule has 1 amide bonds. The maximum absolute atomic E-state index is 14.2. The molecule has 0 unspecified atom stereocenters. The topological polar surface area (TPSA) is 106 Å². The summed E-state index contributed by atoms with van der Waals surface area (Å²) in [6, 6.07) is 3.06. The van der Waals surface area contributed by atoms with Crippen LogP contribution >= 0.6 is 0 Å². The van der Waals surface area contributed by atoms with Crippen LogP contribution in [0.1, 0.15) is 29.4 Å². The van der Waals surface area contributed by atoms with Crippen molar-refractivity contribution in [3.63, 3.8) is 0 Å². The number of halogens is 1. The highest BCUT2D eigenvalue weighted by Gasteiger charge is 2.27. The van der Waals surface area contributed by atoms with E-state index < -0.39 is 29.5 Å². The first-order valence-corrected chi connectivity index (χ1v) is 7.35. The SMILES string of the molecule is O=C(Nc1nc(=O)n([C@H]2CC[C@@H](CO)O2)cc1F)c1cccnc1. The van der Waals surface area contributed by atoms with E-state index in [1.54, 1.807) is 6.07 Å². The van der Waals surface area contributed by atoms with Gasteiger partial charge in [-0.3, -0.25) is 14.3 Å². The first-order valence-electron chi connectivity index (χ1n) is 7.35. The van der Waals surface area contributed by atoms with Gasteiger partial charge in [0.05, 0.1) is 24.5 Å². The number of hydrogen-bond acceptors (Lipinski definition) is 6. The van der Waals surface area contributed by atoms with Crippen molar-refractivity contribution >= 4 is 11.7 Å². The summed E-state index contributed by atoms with van der Waals surface area (Å²) >= 11 is 0. The second-order valence-corrected chi connectivity index (χ2v) is 5.30. The average molecular weight is 334 g/mol. The highest BCUT2D eigenvalue weighted by atomic mass is 19.1. The summed E-state index contributed by atoms with van der Waals surface area (Å²) in [5.41, 5.74) is -0.533. The normalized spacial score (nSPS) is 20.1. The zero-order valence-electron chi connectivity index (χ0n) is 12.6. The summed E-state index contributed by atoms with van der Waals surface area (Å²) in [5.74, 6) is -1.94. The summed E-state index contributed by atoms with van der Waals surface area (Å²) in [6.07, 6.45) is 3.73.